The van der Waals surface area contributed by atoms with Crippen molar-refractivity contribution in [1.82, 2.24) is 15.2 Å². The number of amides is 2. The molecule has 1 aromatic heterocycles. The Morgan fingerprint density at radius 1 is 0.868 bits per heavy atom. The molecule has 6 heteroatoms. The number of nitrogens with zero attached hydrogens (tertiary/aromatic N) is 1. The molecule has 0 bridgehead atoms. The topological polar surface area (TPSA) is 85.4 Å². The normalized spacial score (nSPS) is 13.6. The van der Waals surface area contributed by atoms with Gasteiger partial charge in [-0.3, -0.25) is 9.69 Å². The maximum Gasteiger partial charge on any atom is 0.408 e. The Balaban J connectivity index is 1.56. The lowest BCUT2D eigenvalue weighted by molar-refractivity contribution is -0.132. The smallest absolute Gasteiger partial charge is 0.408 e. The molecule has 0 spiro atoms. The molecule has 4 aromatic carbocycles. The second kappa shape index (κ2) is 10.4. The van der Waals surface area contributed by atoms with Gasteiger partial charge in [0.15, 0.2) is 0 Å². The van der Waals surface area contributed by atoms with Crippen LogP contribution in [0.4, 0.5) is 4.79 Å². The molecule has 0 saturated carbocycles. The van der Waals surface area contributed by atoms with Gasteiger partial charge in [-0.15, -0.1) is 0 Å². The first-order chi connectivity index (χ1) is 18.4. The van der Waals surface area contributed by atoms with Crippen molar-refractivity contribution in [1.29, 1.82) is 0 Å². The lowest BCUT2D eigenvalue weighted by Crippen LogP contribution is -2.59. The summed E-state index contributed by atoms with van der Waals surface area (Å²) >= 11 is 0. The van der Waals surface area contributed by atoms with Crippen molar-refractivity contribution in [2.24, 2.45) is 0 Å². The minimum absolute atomic E-state index is 0.0721. The summed E-state index contributed by atoms with van der Waals surface area (Å²) in [6, 6.07) is 31.0. The molecular weight excluding hydrogens is 474 g/mol. The number of rotatable bonds is 8. The van der Waals surface area contributed by atoms with Crippen LogP contribution in [-0.4, -0.2) is 32.5 Å². The highest BCUT2D eigenvalue weighted by Gasteiger charge is 2.43. The minimum Gasteiger partial charge on any atom is -0.465 e. The molecule has 2 amide bonds. The lowest BCUT2D eigenvalue weighted by atomic mass is 9.88. The number of para-hydroxylation sites is 1. The quantitative estimate of drug-likeness (QED) is 0.220. The van der Waals surface area contributed by atoms with Crippen molar-refractivity contribution >= 4 is 33.7 Å². The van der Waals surface area contributed by atoms with Gasteiger partial charge >= 0.3 is 6.09 Å². The molecule has 2 atom stereocenters. The van der Waals surface area contributed by atoms with Crippen molar-refractivity contribution in [3.05, 3.63) is 120 Å². The van der Waals surface area contributed by atoms with Crippen LogP contribution in [-0.2, 0) is 17.8 Å². The predicted octanol–water partition coefficient (Wildman–Crippen LogP) is 6.68. The third kappa shape index (κ3) is 4.85. The van der Waals surface area contributed by atoms with Gasteiger partial charge in [0.25, 0.3) is 0 Å². The van der Waals surface area contributed by atoms with E-state index < -0.39 is 11.6 Å². The maximum atomic E-state index is 14.1. The fourth-order valence-corrected chi connectivity index (χ4v) is 5.18. The summed E-state index contributed by atoms with van der Waals surface area (Å²) in [7, 11) is 0. The fourth-order valence-electron chi connectivity index (χ4n) is 5.18. The van der Waals surface area contributed by atoms with E-state index in [1.165, 1.54) is 4.90 Å². The summed E-state index contributed by atoms with van der Waals surface area (Å²) in [5.74, 6) is -0.346. The molecule has 192 valence electrons. The van der Waals surface area contributed by atoms with Crippen LogP contribution in [0.2, 0.25) is 0 Å². The van der Waals surface area contributed by atoms with Crippen LogP contribution in [0.5, 0.6) is 0 Å². The van der Waals surface area contributed by atoms with E-state index in [4.69, 9.17) is 0 Å². The van der Waals surface area contributed by atoms with Gasteiger partial charge in [-0.25, -0.2) is 4.79 Å². The van der Waals surface area contributed by atoms with Gasteiger partial charge in [0, 0.05) is 23.5 Å². The van der Waals surface area contributed by atoms with Crippen molar-refractivity contribution < 1.29 is 14.7 Å². The third-order valence-electron chi connectivity index (χ3n) is 7.38. The number of hydrogen-bond donors (Lipinski definition) is 3. The number of benzene rings is 4. The van der Waals surface area contributed by atoms with Gasteiger partial charge < -0.3 is 15.4 Å². The Morgan fingerprint density at radius 3 is 2.29 bits per heavy atom. The molecular formula is C32H31N3O3. The highest BCUT2D eigenvalue weighted by molar-refractivity contribution is 5.92. The molecule has 0 fully saturated rings. The van der Waals surface area contributed by atoms with Crippen molar-refractivity contribution in [2.45, 2.75) is 38.4 Å². The van der Waals surface area contributed by atoms with Crippen LogP contribution >= 0.6 is 0 Å². The summed E-state index contributed by atoms with van der Waals surface area (Å²) < 4.78 is 0. The van der Waals surface area contributed by atoms with E-state index in [0.29, 0.717) is 0 Å². The van der Waals surface area contributed by atoms with Crippen molar-refractivity contribution in [3.8, 4) is 0 Å². The molecule has 5 aromatic rings. The number of nitrogens with one attached hydrogen (secondary N) is 2. The van der Waals surface area contributed by atoms with Gasteiger partial charge in [0.05, 0.1) is 12.6 Å². The van der Waals surface area contributed by atoms with Crippen LogP contribution < -0.4 is 5.32 Å². The van der Waals surface area contributed by atoms with E-state index in [1.54, 1.807) is 6.92 Å². The Labute approximate surface area is 221 Å². The molecule has 6 nitrogen and oxygen atoms in total. The molecule has 0 aliphatic carbocycles. The van der Waals surface area contributed by atoms with Crippen molar-refractivity contribution in [3.63, 3.8) is 0 Å². The summed E-state index contributed by atoms with van der Waals surface area (Å²) in [5, 5.41) is 16.6. The molecule has 1 heterocycles. The fraction of sp³-hybridized carbons (Fsp3) is 0.188. The zero-order valence-electron chi connectivity index (χ0n) is 21.5. The number of carbonyl (C=O) groups excluding carboxylic acids is 1. The monoisotopic (exact) mass is 505 g/mol. The molecule has 3 N–H and O–H groups in total. The number of hydrogen-bond acceptors (Lipinski definition) is 2. The molecule has 0 aliphatic rings. The van der Waals surface area contributed by atoms with Gasteiger partial charge in [0.2, 0.25) is 5.91 Å². The summed E-state index contributed by atoms with van der Waals surface area (Å²) in [4.78, 5) is 31.5. The second-order valence-corrected chi connectivity index (χ2v) is 9.92. The zero-order valence-corrected chi connectivity index (χ0v) is 21.5. The number of aromatic amines is 1. The van der Waals surface area contributed by atoms with E-state index in [0.717, 1.165) is 38.4 Å². The van der Waals surface area contributed by atoms with Gasteiger partial charge in [-0.05, 0) is 47.4 Å². The average Bonchev–Trinajstić information content (AvgIpc) is 3.34. The Bertz CT molecular complexity index is 1590. The van der Waals surface area contributed by atoms with Gasteiger partial charge in [0.1, 0.15) is 5.54 Å². The first kappa shape index (κ1) is 25.1. The van der Waals surface area contributed by atoms with E-state index in [-0.39, 0.29) is 24.9 Å². The zero-order chi connectivity index (χ0) is 26.7. The SMILES string of the molecule is C[C@@H](NC(=O)[C@](C)(Cc1c[nH]c2ccccc12)N(Cc1cccc2ccccc12)C(=O)O)c1ccccc1. The summed E-state index contributed by atoms with van der Waals surface area (Å²) in [6.45, 7) is 3.71. The van der Waals surface area contributed by atoms with Gasteiger partial charge in [-0.1, -0.05) is 91.0 Å². The number of H-pyrrole nitrogens is 1. The summed E-state index contributed by atoms with van der Waals surface area (Å²) in [6.07, 6.45) is 0.929. The predicted molar refractivity (Wildman–Crippen MR) is 151 cm³/mol. The number of carbonyl (C=O) groups is 2. The highest BCUT2D eigenvalue weighted by atomic mass is 16.4. The van der Waals surface area contributed by atoms with Crippen LogP contribution in [0.15, 0.2) is 103 Å². The van der Waals surface area contributed by atoms with E-state index in [9.17, 15) is 14.7 Å². The first-order valence-electron chi connectivity index (χ1n) is 12.7. The van der Waals surface area contributed by atoms with Crippen molar-refractivity contribution in [2.75, 3.05) is 0 Å². The van der Waals surface area contributed by atoms with Crippen LogP contribution in [0.25, 0.3) is 21.7 Å². The lowest BCUT2D eigenvalue weighted by Gasteiger charge is -2.39. The molecule has 0 saturated heterocycles. The number of carboxylic acid groups (broad SMARTS) is 1. The standard InChI is InChI=1S/C32H31N3O3/c1-22(23-11-4-3-5-12-23)34-30(36)32(2,19-26-20-33-29-18-9-8-17-28(26)29)35(31(37)38)21-25-15-10-14-24-13-6-7-16-27(24)25/h3-18,20,22,33H,19,21H2,1-2H3,(H,34,36)(H,37,38)/t22-,32+/m1/s1. The Kier molecular flexibility index (Phi) is 6.88. The second-order valence-electron chi connectivity index (χ2n) is 9.92. The molecule has 0 unspecified atom stereocenters. The average molecular weight is 506 g/mol. The molecule has 0 radical (unpaired) electrons. The van der Waals surface area contributed by atoms with Crippen LogP contribution in [0.1, 0.15) is 36.6 Å². The molecule has 5 rings (SSSR count). The molecule has 0 aliphatic heterocycles. The Hall–Kier alpha value is -4.58. The van der Waals surface area contributed by atoms with E-state index >= 15 is 0 Å². The first-order valence-corrected chi connectivity index (χ1v) is 12.7. The largest absolute Gasteiger partial charge is 0.465 e. The van der Waals surface area contributed by atoms with Crippen LogP contribution in [0.3, 0.4) is 0 Å². The Morgan fingerprint density at radius 2 is 1.53 bits per heavy atom. The number of fused-ring (bicyclic) bond motifs is 2. The summed E-state index contributed by atoms with van der Waals surface area (Å²) in [5.41, 5.74) is 2.23. The van der Waals surface area contributed by atoms with E-state index in [2.05, 4.69) is 10.3 Å². The number of aromatic nitrogens is 1. The molecule has 38 heavy (non-hydrogen) atoms. The third-order valence-corrected chi connectivity index (χ3v) is 7.38. The van der Waals surface area contributed by atoms with E-state index in [1.807, 2.05) is 110 Å². The minimum atomic E-state index is -1.39. The highest BCUT2D eigenvalue weighted by Crippen LogP contribution is 2.31. The van der Waals surface area contributed by atoms with Gasteiger partial charge in [-0.2, -0.15) is 0 Å². The maximum absolute atomic E-state index is 14.1. The van der Waals surface area contributed by atoms with Crippen LogP contribution in [0, 0.1) is 0 Å².